The molecule has 2 rings (SSSR count). The Bertz CT molecular complexity index is 366. The zero-order chi connectivity index (χ0) is 12.8. The second-order valence-corrected chi connectivity index (χ2v) is 6.00. The fourth-order valence-corrected chi connectivity index (χ4v) is 3.61. The maximum absolute atomic E-state index is 6.11. The Balaban J connectivity index is 0.000000917. The van der Waals surface area contributed by atoms with E-state index in [1.54, 1.807) is 0 Å². The summed E-state index contributed by atoms with van der Waals surface area (Å²) in [6.45, 7) is 0. The summed E-state index contributed by atoms with van der Waals surface area (Å²) in [6.07, 6.45) is 6.63. The molecule has 0 spiro atoms. The van der Waals surface area contributed by atoms with Crippen LogP contribution in [0.4, 0.5) is 5.69 Å². The van der Waals surface area contributed by atoms with Crippen LogP contribution in [0.5, 0.6) is 0 Å². The summed E-state index contributed by atoms with van der Waals surface area (Å²) in [5.41, 5.74) is 12.9. The van der Waals surface area contributed by atoms with Crippen molar-refractivity contribution in [2.24, 2.45) is 5.73 Å². The van der Waals surface area contributed by atoms with Gasteiger partial charge in [-0.15, -0.1) is 12.4 Å². The molecule has 0 unspecified atom stereocenters. The van der Waals surface area contributed by atoms with Gasteiger partial charge < -0.3 is 11.5 Å². The number of hydrogen-bond acceptors (Lipinski definition) is 2. The molecule has 1 fully saturated rings. The first-order valence-corrected chi connectivity index (χ1v) is 7.59. The Morgan fingerprint density at radius 1 is 1.06 bits per heavy atom. The summed E-state index contributed by atoms with van der Waals surface area (Å²) in [4.78, 5) is 0. The van der Waals surface area contributed by atoms with Gasteiger partial charge in [0.25, 0.3) is 0 Å². The molecule has 1 aliphatic rings. The van der Waals surface area contributed by atoms with Crippen LogP contribution in [-0.2, 0) is 0 Å². The largest absolute Gasteiger partial charge is 0.398 e. The van der Waals surface area contributed by atoms with Crippen molar-refractivity contribution in [1.82, 2.24) is 0 Å². The standard InChI is InChI=1S/C12H15Br2N.CH5N.ClH/c13-9-6-10(12(15)11(14)7-9)8-4-2-1-3-5-8;1-2;/h6-8H,1-5,15H2;2H2,1H3;1H. The van der Waals surface area contributed by atoms with E-state index < -0.39 is 0 Å². The molecule has 1 aromatic rings. The van der Waals surface area contributed by atoms with Crippen LogP contribution in [0.2, 0.25) is 0 Å². The predicted octanol–water partition coefficient (Wildman–Crippen LogP) is 4.84. The lowest BCUT2D eigenvalue weighted by Crippen LogP contribution is -2.07. The Kier molecular flexibility index (Phi) is 9.30. The number of halogens is 3. The molecule has 18 heavy (non-hydrogen) atoms. The van der Waals surface area contributed by atoms with Crippen LogP contribution in [0.25, 0.3) is 0 Å². The molecule has 1 saturated carbocycles. The third-order valence-electron chi connectivity index (χ3n) is 3.17. The first-order chi connectivity index (χ1) is 8.18. The van der Waals surface area contributed by atoms with Crippen molar-refractivity contribution in [3.05, 3.63) is 26.6 Å². The van der Waals surface area contributed by atoms with Gasteiger partial charge in [-0.05, 0) is 59.4 Å². The molecule has 0 amide bonds. The zero-order valence-electron chi connectivity index (χ0n) is 10.6. The van der Waals surface area contributed by atoms with Crippen LogP contribution in [0.15, 0.2) is 21.1 Å². The third-order valence-corrected chi connectivity index (χ3v) is 4.29. The summed E-state index contributed by atoms with van der Waals surface area (Å²) >= 11 is 7.04. The van der Waals surface area contributed by atoms with E-state index in [9.17, 15) is 0 Å². The highest BCUT2D eigenvalue weighted by Gasteiger charge is 2.19. The second-order valence-electron chi connectivity index (χ2n) is 4.23. The molecule has 2 nitrogen and oxygen atoms in total. The smallest absolute Gasteiger partial charge is 0.0494 e. The lowest BCUT2D eigenvalue weighted by atomic mass is 9.83. The van der Waals surface area contributed by atoms with Crippen LogP contribution < -0.4 is 11.5 Å². The summed E-state index contributed by atoms with van der Waals surface area (Å²) in [6, 6.07) is 4.19. The minimum Gasteiger partial charge on any atom is -0.398 e. The molecule has 5 heteroatoms. The van der Waals surface area contributed by atoms with Crippen molar-refractivity contribution in [2.75, 3.05) is 12.8 Å². The predicted molar refractivity (Wildman–Crippen MR) is 89.4 cm³/mol. The van der Waals surface area contributed by atoms with E-state index in [0.717, 1.165) is 14.6 Å². The van der Waals surface area contributed by atoms with Gasteiger partial charge in [0.1, 0.15) is 0 Å². The molecule has 1 aromatic carbocycles. The van der Waals surface area contributed by atoms with Gasteiger partial charge in [0.2, 0.25) is 0 Å². The summed E-state index contributed by atoms with van der Waals surface area (Å²) < 4.78 is 2.13. The molecule has 0 radical (unpaired) electrons. The highest BCUT2D eigenvalue weighted by atomic mass is 79.9. The first-order valence-electron chi connectivity index (χ1n) is 6.00. The lowest BCUT2D eigenvalue weighted by molar-refractivity contribution is 0.444. The number of hydrogen-bond donors (Lipinski definition) is 2. The van der Waals surface area contributed by atoms with Gasteiger partial charge >= 0.3 is 0 Å². The molecule has 0 bridgehead atoms. The molecule has 104 valence electrons. The first kappa shape index (κ1) is 18.2. The van der Waals surface area contributed by atoms with Crippen LogP contribution in [0.1, 0.15) is 43.6 Å². The van der Waals surface area contributed by atoms with Gasteiger partial charge in [-0.1, -0.05) is 35.2 Å². The number of nitrogens with two attached hydrogens (primary N) is 2. The molecular formula is C13H21Br2ClN2. The van der Waals surface area contributed by atoms with E-state index in [-0.39, 0.29) is 12.4 Å². The maximum Gasteiger partial charge on any atom is 0.0494 e. The van der Waals surface area contributed by atoms with Crippen LogP contribution >= 0.6 is 44.3 Å². The van der Waals surface area contributed by atoms with Crippen molar-refractivity contribution < 1.29 is 0 Å². The average Bonchev–Trinajstić information content (AvgIpc) is 2.37. The Labute approximate surface area is 133 Å². The quantitative estimate of drug-likeness (QED) is 0.663. The van der Waals surface area contributed by atoms with Gasteiger partial charge in [0, 0.05) is 14.6 Å². The molecule has 0 atom stereocenters. The van der Waals surface area contributed by atoms with E-state index in [1.165, 1.54) is 44.7 Å². The third kappa shape index (κ3) is 4.72. The number of nitrogen functional groups attached to an aromatic ring is 1. The van der Waals surface area contributed by atoms with Gasteiger partial charge in [-0.25, -0.2) is 0 Å². The highest BCUT2D eigenvalue weighted by molar-refractivity contribution is 9.11. The molecular weight excluding hydrogens is 379 g/mol. The monoisotopic (exact) mass is 398 g/mol. The summed E-state index contributed by atoms with van der Waals surface area (Å²) in [5.74, 6) is 0.660. The van der Waals surface area contributed by atoms with Crippen LogP contribution in [0, 0.1) is 0 Å². The topological polar surface area (TPSA) is 52.0 Å². The van der Waals surface area contributed by atoms with E-state index in [0.29, 0.717) is 5.92 Å². The van der Waals surface area contributed by atoms with Crippen molar-refractivity contribution in [3.8, 4) is 0 Å². The minimum atomic E-state index is 0. The average molecular weight is 401 g/mol. The Morgan fingerprint density at radius 2 is 1.61 bits per heavy atom. The summed E-state index contributed by atoms with van der Waals surface area (Å²) in [7, 11) is 1.50. The van der Waals surface area contributed by atoms with Crippen molar-refractivity contribution in [1.29, 1.82) is 0 Å². The van der Waals surface area contributed by atoms with Gasteiger partial charge in [0.05, 0.1) is 0 Å². The summed E-state index contributed by atoms with van der Waals surface area (Å²) in [5, 5.41) is 0. The van der Waals surface area contributed by atoms with E-state index in [4.69, 9.17) is 5.73 Å². The van der Waals surface area contributed by atoms with Gasteiger partial charge in [0.15, 0.2) is 0 Å². The van der Waals surface area contributed by atoms with Crippen LogP contribution in [-0.4, -0.2) is 7.05 Å². The van der Waals surface area contributed by atoms with Gasteiger partial charge in [-0.2, -0.15) is 0 Å². The van der Waals surface area contributed by atoms with Gasteiger partial charge in [-0.3, -0.25) is 0 Å². The van der Waals surface area contributed by atoms with E-state index in [1.807, 2.05) is 6.07 Å². The SMILES string of the molecule is CN.Cl.Nc1c(Br)cc(Br)cc1C1CCCCC1. The van der Waals surface area contributed by atoms with Crippen molar-refractivity contribution >= 4 is 50.0 Å². The highest BCUT2D eigenvalue weighted by Crippen LogP contribution is 2.39. The van der Waals surface area contributed by atoms with Crippen molar-refractivity contribution in [3.63, 3.8) is 0 Å². The Hall–Kier alpha value is 0.230. The van der Waals surface area contributed by atoms with Crippen molar-refractivity contribution in [2.45, 2.75) is 38.0 Å². The number of benzene rings is 1. The normalized spacial score (nSPS) is 15.3. The van der Waals surface area contributed by atoms with E-state index in [2.05, 4.69) is 43.7 Å². The Morgan fingerprint density at radius 3 is 2.17 bits per heavy atom. The van der Waals surface area contributed by atoms with E-state index >= 15 is 0 Å². The molecule has 0 saturated heterocycles. The molecule has 0 heterocycles. The van der Waals surface area contributed by atoms with Crippen LogP contribution in [0.3, 0.4) is 0 Å². The minimum absolute atomic E-state index is 0. The molecule has 0 aromatic heterocycles. The molecule has 4 N–H and O–H groups in total. The zero-order valence-corrected chi connectivity index (χ0v) is 14.6. The fraction of sp³-hybridized carbons (Fsp3) is 0.538. The number of rotatable bonds is 1. The molecule has 0 aliphatic heterocycles. The lowest BCUT2D eigenvalue weighted by Gasteiger charge is -2.24. The maximum atomic E-state index is 6.11. The fourth-order valence-electron chi connectivity index (χ4n) is 2.36. The second kappa shape index (κ2) is 9.18. The number of anilines is 1. The molecule has 1 aliphatic carbocycles.